The molecule has 0 aromatic heterocycles. The highest BCUT2D eigenvalue weighted by Gasteiger charge is 2.68. The van der Waals surface area contributed by atoms with Crippen LogP contribution in [-0.4, -0.2) is 42.1 Å². The first-order valence-electron chi connectivity index (χ1n) is 13.2. The monoisotopic (exact) mass is 478 g/mol. The Morgan fingerprint density at radius 3 is 2.54 bits per heavy atom. The number of anilines is 1. The highest BCUT2D eigenvalue weighted by atomic mass is 16.6. The van der Waals surface area contributed by atoms with Crippen LogP contribution in [0.4, 0.5) is 5.69 Å². The molecule has 188 valence electrons. The summed E-state index contributed by atoms with van der Waals surface area (Å²) in [5, 5.41) is 21.9. The largest absolute Gasteiger partial charge is 0.396 e. The number of nitrogens with zero attached hydrogens (tertiary/aromatic N) is 2. The lowest BCUT2D eigenvalue weighted by molar-refractivity contribution is -0.591. The smallest absolute Gasteiger partial charge is 0.227 e. The van der Waals surface area contributed by atoms with Gasteiger partial charge in [-0.3, -0.25) is 14.9 Å². The number of carbonyl (C=O) groups excluding carboxylic acids is 1. The molecular weight excluding hydrogens is 440 g/mol. The normalized spacial score (nSPS) is 34.1. The maximum absolute atomic E-state index is 12.7. The number of benzene rings is 1. The first-order chi connectivity index (χ1) is 16.7. The van der Waals surface area contributed by atoms with E-state index in [1.54, 1.807) is 0 Å². The fraction of sp³-hybridized carbons (Fsp3) is 0.621. The predicted molar refractivity (Wildman–Crippen MR) is 137 cm³/mol. The Hall–Kier alpha value is -2.47. The van der Waals surface area contributed by atoms with Gasteiger partial charge in [-0.2, -0.15) is 0 Å². The third kappa shape index (κ3) is 3.67. The number of fused-ring (bicyclic) bond motifs is 4. The summed E-state index contributed by atoms with van der Waals surface area (Å²) >= 11 is 0. The lowest BCUT2D eigenvalue weighted by atomic mass is 9.53. The van der Waals surface area contributed by atoms with Crippen molar-refractivity contribution < 1.29 is 14.8 Å². The second-order valence-electron chi connectivity index (χ2n) is 11.6. The molecule has 2 fully saturated rings. The van der Waals surface area contributed by atoms with Gasteiger partial charge in [-0.25, -0.2) is 0 Å². The zero-order chi connectivity index (χ0) is 25.0. The standard InChI is InChI=1S/C29H38N2O4/c1-28-14-11-24-23(26(28)12-15-29(28,31(34)35)13-4-16-32)10-7-20-17-22(33)18-25(27(20)24)19-5-8-21(9-6-19)30(2)3/h5-6,8-9,17,23,25-26,32H,4,7,10-16,18H2,1-3H3/t23-,25+,26+,28+,29+/m1/s1. The number of allylic oxidation sites excluding steroid dienone is 4. The Kier molecular flexibility index (Phi) is 6.15. The van der Waals surface area contributed by atoms with Gasteiger partial charge in [0.1, 0.15) is 0 Å². The highest BCUT2D eigenvalue weighted by Crippen LogP contribution is 2.66. The van der Waals surface area contributed by atoms with E-state index in [2.05, 4.69) is 36.1 Å². The van der Waals surface area contributed by atoms with Gasteiger partial charge < -0.3 is 10.0 Å². The summed E-state index contributed by atoms with van der Waals surface area (Å²) in [5.41, 5.74) is 5.10. The number of aliphatic hydroxyl groups is 1. The summed E-state index contributed by atoms with van der Waals surface area (Å²) in [4.78, 5) is 27.3. The molecule has 6 nitrogen and oxygen atoms in total. The van der Waals surface area contributed by atoms with Crippen LogP contribution in [0.25, 0.3) is 0 Å². The third-order valence-electron chi connectivity index (χ3n) is 10.0. The van der Waals surface area contributed by atoms with Crippen LogP contribution in [0.1, 0.15) is 76.2 Å². The van der Waals surface area contributed by atoms with Crippen LogP contribution in [0.3, 0.4) is 0 Å². The van der Waals surface area contributed by atoms with Gasteiger partial charge >= 0.3 is 0 Å². The van der Waals surface area contributed by atoms with Gasteiger partial charge in [0.05, 0.1) is 0 Å². The maximum Gasteiger partial charge on any atom is 0.227 e. The number of aliphatic hydroxyl groups excluding tert-OH is 1. The van der Waals surface area contributed by atoms with Crippen LogP contribution in [0.15, 0.2) is 47.1 Å². The molecular formula is C29H38N2O4. The number of carbonyl (C=O) groups is 1. The Balaban J connectivity index is 1.55. The minimum atomic E-state index is -0.934. The number of ketones is 1. The van der Waals surface area contributed by atoms with Crippen LogP contribution in [0.2, 0.25) is 0 Å². The van der Waals surface area contributed by atoms with Crippen molar-refractivity contribution in [2.75, 3.05) is 25.6 Å². The summed E-state index contributed by atoms with van der Waals surface area (Å²) < 4.78 is 0. The van der Waals surface area contributed by atoms with Crippen LogP contribution in [-0.2, 0) is 4.79 Å². The Morgan fingerprint density at radius 1 is 1.14 bits per heavy atom. The molecule has 35 heavy (non-hydrogen) atoms. The van der Waals surface area contributed by atoms with E-state index in [0.29, 0.717) is 37.5 Å². The first kappa shape index (κ1) is 24.2. The quantitative estimate of drug-likeness (QED) is 0.435. The molecule has 2 saturated carbocycles. The fourth-order valence-electron chi connectivity index (χ4n) is 8.21. The Bertz CT molecular complexity index is 1090. The topological polar surface area (TPSA) is 83.7 Å². The van der Waals surface area contributed by atoms with Crippen molar-refractivity contribution in [2.45, 2.75) is 76.2 Å². The fourth-order valence-corrected chi connectivity index (χ4v) is 8.21. The van der Waals surface area contributed by atoms with Crippen LogP contribution in [0, 0.1) is 27.4 Å². The lowest BCUT2D eigenvalue weighted by Crippen LogP contribution is -2.54. The van der Waals surface area contributed by atoms with Gasteiger partial charge in [0, 0.05) is 61.9 Å². The van der Waals surface area contributed by atoms with E-state index < -0.39 is 5.54 Å². The van der Waals surface area contributed by atoms with Gasteiger partial charge in [-0.05, 0) is 85.3 Å². The second kappa shape index (κ2) is 8.88. The summed E-state index contributed by atoms with van der Waals surface area (Å²) in [6.07, 6.45) is 8.38. The molecule has 0 aliphatic heterocycles. The molecule has 0 saturated heterocycles. The van der Waals surface area contributed by atoms with Gasteiger partial charge in [-0.15, -0.1) is 0 Å². The second-order valence-corrected chi connectivity index (χ2v) is 11.6. The van der Waals surface area contributed by atoms with Crippen molar-refractivity contribution in [3.8, 4) is 0 Å². The molecule has 5 rings (SSSR count). The molecule has 4 aliphatic rings. The average Bonchev–Trinajstić information content (AvgIpc) is 3.15. The summed E-state index contributed by atoms with van der Waals surface area (Å²) in [6, 6.07) is 8.60. The van der Waals surface area contributed by atoms with Crippen LogP contribution >= 0.6 is 0 Å². The summed E-state index contributed by atoms with van der Waals surface area (Å²) in [5.74, 6) is 0.937. The lowest BCUT2D eigenvalue weighted by Gasteiger charge is -2.50. The van der Waals surface area contributed by atoms with E-state index in [4.69, 9.17) is 0 Å². The predicted octanol–water partition coefficient (Wildman–Crippen LogP) is 5.44. The van der Waals surface area contributed by atoms with E-state index in [0.717, 1.165) is 37.8 Å². The van der Waals surface area contributed by atoms with Crippen molar-refractivity contribution in [1.29, 1.82) is 0 Å². The molecule has 0 unspecified atom stereocenters. The minimum absolute atomic E-state index is 0.00331. The number of hydrogen-bond donors (Lipinski definition) is 1. The molecule has 0 amide bonds. The minimum Gasteiger partial charge on any atom is -0.396 e. The van der Waals surface area contributed by atoms with Crippen molar-refractivity contribution in [2.24, 2.45) is 17.3 Å². The Labute approximate surface area is 208 Å². The van der Waals surface area contributed by atoms with Crippen molar-refractivity contribution >= 4 is 11.5 Å². The van der Waals surface area contributed by atoms with E-state index in [-0.39, 0.29) is 28.6 Å². The van der Waals surface area contributed by atoms with E-state index >= 15 is 0 Å². The zero-order valence-corrected chi connectivity index (χ0v) is 21.3. The van der Waals surface area contributed by atoms with Gasteiger partial charge in [0.15, 0.2) is 5.78 Å². The number of hydrogen-bond acceptors (Lipinski definition) is 5. The van der Waals surface area contributed by atoms with Crippen molar-refractivity contribution in [3.63, 3.8) is 0 Å². The van der Waals surface area contributed by atoms with Crippen LogP contribution in [0.5, 0.6) is 0 Å². The van der Waals surface area contributed by atoms with Gasteiger partial charge in [-0.1, -0.05) is 24.6 Å². The molecule has 1 aromatic carbocycles. The van der Waals surface area contributed by atoms with Crippen molar-refractivity contribution in [1.82, 2.24) is 0 Å². The highest BCUT2D eigenvalue weighted by molar-refractivity contribution is 5.94. The third-order valence-corrected chi connectivity index (χ3v) is 10.0. The SMILES string of the molecule is CN(C)c1ccc([C@@H]2CC(=O)C=C3CC[C@@H]4C(=C32)CC[C@@]2(C)[C@H]4CC[C@]2(CCCO)[N+](=O)[O-])cc1. The van der Waals surface area contributed by atoms with E-state index in [1.807, 2.05) is 20.2 Å². The van der Waals surface area contributed by atoms with E-state index in [1.165, 1.54) is 22.3 Å². The maximum atomic E-state index is 12.7. The molecule has 0 spiro atoms. The molecule has 0 bridgehead atoms. The van der Waals surface area contributed by atoms with Crippen LogP contribution < -0.4 is 4.90 Å². The molecule has 6 heteroatoms. The Morgan fingerprint density at radius 2 is 1.89 bits per heavy atom. The van der Waals surface area contributed by atoms with Crippen molar-refractivity contribution in [3.05, 3.63) is 62.7 Å². The molecule has 4 aliphatic carbocycles. The van der Waals surface area contributed by atoms with Gasteiger partial charge in [0.25, 0.3) is 0 Å². The molecule has 0 heterocycles. The first-order valence-corrected chi connectivity index (χ1v) is 13.2. The molecule has 0 radical (unpaired) electrons. The number of rotatable bonds is 6. The zero-order valence-electron chi connectivity index (χ0n) is 21.3. The average molecular weight is 479 g/mol. The van der Waals surface area contributed by atoms with E-state index in [9.17, 15) is 20.0 Å². The number of nitro groups is 1. The molecule has 1 N–H and O–H groups in total. The summed E-state index contributed by atoms with van der Waals surface area (Å²) in [7, 11) is 4.06. The van der Waals surface area contributed by atoms with Gasteiger partial charge in [0.2, 0.25) is 5.54 Å². The summed E-state index contributed by atoms with van der Waals surface area (Å²) in [6.45, 7) is 2.17. The molecule has 5 atom stereocenters. The molecule has 1 aromatic rings.